The van der Waals surface area contributed by atoms with Crippen LogP contribution in [0.1, 0.15) is 43.0 Å². The largest absolute Gasteiger partial charge is 0.506 e. The normalized spacial score (nSPS) is 11.7. The van der Waals surface area contributed by atoms with E-state index >= 15 is 0 Å². The second-order valence-electron chi connectivity index (χ2n) is 6.73. The average molecular weight is 300 g/mol. The highest BCUT2D eigenvalue weighted by atomic mass is 32.2. The molecule has 1 N–H and O–H groups in total. The fraction of sp³-hybridized carbons (Fsp3) is 0.368. The van der Waals surface area contributed by atoms with Crippen LogP contribution in [0.2, 0.25) is 0 Å². The highest BCUT2D eigenvalue weighted by Gasteiger charge is 2.21. The molecule has 0 aromatic heterocycles. The van der Waals surface area contributed by atoms with Gasteiger partial charge in [-0.3, -0.25) is 0 Å². The zero-order valence-corrected chi connectivity index (χ0v) is 14.6. The molecule has 0 heterocycles. The SMILES string of the molecule is Cc1cc(Sc2c(C)cccc2C)c(O)c(C(C)(C)C)c1. The molecule has 0 atom stereocenters. The number of phenols is 1. The molecule has 0 saturated carbocycles. The topological polar surface area (TPSA) is 20.2 Å². The summed E-state index contributed by atoms with van der Waals surface area (Å²) < 4.78 is 0. The van der Waals surface area contributed by atoms with Crippen LogP contribution < -0.4 is 0 Å². The molecule has 2 aromatic carbocycles. The molecular formula is C19H24OS. The van der Waals surface area contributed by atoms with Gasteiger partial charge in [-0.25, -0.2) is 0 Å². The number of phenolic OH excluding ortho intramolecular Hbond substituents is 1. The minimum Gasteiger partial charge on any atom is -0.506 e. The van der Waals surface area contributed by atoms with Gasteiger partial charge < -0.3 is 5.11 Å². The van der Waals surface area contributed by atoms with Gasteiger partial charge >= 0.3 is 0 Å². The lowest BCUT2D eigenvalue weighted by molar-refractivity contribution is 0.434. The van der Waals surface area contributed by atoms with Crippen molar-refractivity contribution < 1.29 is 5.11 Å². The van der Waals surface area contributed by atoms with E-state index in [1.165, 1.54) is 21.6 Å². The van der Waals surface area contributed by atoms with E-state index in [0.717, 1.165) is 10.5 Å². The van der Waals surface area contributed by atoms with Crippen LogP contribution in [-0.4, -0.2) is 5.11 Å². The van der Waals surface area contributed by atoms with E-state index < -0.39 is 0 Å². The monoisotopic (exact) mass is 300 g/mol. The van der Waals surface area contributed by atoms with Gasteiger partial charge in [0, 0.05) is 10.5 Å². The number of aryl methyl sites for hydroxylation is 3. The van der Waals surface area contributed by atoms with Gasteiger partial charge in [-0.2, -0.15) is 0 Å². The first-order valence-electron chi connectivity index (χ1n) is 7.28. The van der Waals surface area contributed by atoms with Crippen molar-refractivity contribution in [2.45, 2.75) is 56.7 Å². The summed E-state index contributed by atoms with van der Waals surface area (Å²) in [5.74, 6) is 0.417. The van der Waals surface area contributed by atoms with E-state index in [1.54, 1.807) is 11.8 Å². The fourth-order valence-corrected chi connectivity index (χ4v) is 3.59. The summed E-state index contributed by atoms with van der Waals surface area (Å²) in [5.41, 5.74) is 4.63. The summed E-state index contributed by atoms with van der Waals surface area (Å²) in [6, 6.07) is 10.5. The zero-order chi connectivity index (χ0) is 15.8. The van der Waals surface area contributed by atoms with Crippen molar-refractivity contribution in [1.29, 1.82) is 0 Å². The molecule has 0 bridgehead atoms. The third-order valence-electron chi connectivity index (χ3n) is 3.65. The zero-order valence-electron chi connectivity index (χ0n) is 13.7. The lowest BCUT2D eigenvalue weighted by atomic mass is 9.85. The van der Waals surface area contributed by atoms with Gasteiger partial charge in [-0.05, 0) is 48.9 Å². The molecule has 0 amide bonds. The number of hydrogen-bond acceptors (Lipinski definition) is 2. The average Bonchev–Trinajstić information content (AvgIpc) is 2.36. The number of rotatable bonds is 2. The maximum absolute atomic E-state index is 10.7. The molecule has 0 unspecified atom stereocenters. The third-order valence-corrected chi connectivity index (χ3v) is 5.03. The summed E-state index contributed by atoms with van der Waals surface area (Å²) in [6.07, 6.45) is 0. The van der Waals surface area contributed by atoms with Crippen molar-refractivity contribution in [2.24, 2.45) is 0 Å². The van der Waals surface area contributed by atoms with Gasteiger partial charge in [0.25, 0.3) is 0 Å². The summed E-state index contributed by atoms with van der Waals surface area (Å²) in [4.78, 5) is 2.18. The first-order valence-corrected chi connectivity index (χ1v) is 8.10. The van der Waals surface area contributed by atoms with Gasteiger partial charge in [0.05, 0.1) is 4.90 Å². The quantitative estimate of drug-likeness (QED) is 0.760. The molecule has 0 aliphatic rings. The van der Waals surface area contributed by atoms with Crippen LogP contribution in [-0.2, 0) is 5.41 Å². The Hall–Kier alpha value is -1.41. The van der Waals surface area contributed by atoms with Crippen molar-refractivity contribution in [2.75, 3.05) is 0 Å². The smallest absolute Gasteiger partial charge is 0.133 e. The highest BCUT2D eigenvalue weighted by Crippen LogP contribution is 2.43. The van der Waals surface area contributed by atoms with Crippen LogP contribution in [0.5, 0.6) is 5.75 Å². The van der Waals surface area contributed by atoms with E-state index in [0.29, 0.717) is 5.75 Å². The van der Waals surface area contributed by atoms with Gasteiger partial charge in [-0.15, -0.1) is 0 Å². The van der Waals surface area contributed by atoms with E-state index in [9.17, 15) is 5.11 Å². The highest BCUT2D eigenvalue weighted by molar-refractivity contribution is 7.99. The van der Waals surface area contributed by atoms with Crippen molar-refractivity contribution in [1.82, 2.24) is 0 Å². The van der Waals surface area contributed by atoms with Crippen LogP contribution in [0.25, 0.3) is 0 Å². The van der Waals surface area contributed by atoms with Crippen molar-refractivity contribution in [3.63, 3.8) is 0 Å². The molecule has 0 spiro atoms. The van der Waals surface area contributed by atoms with Crippen LogP contribution >= 0.6 is 11.8 Å². The molecular weight excluding hydrogens is 276 g/mol. The summed E-state index contributed by atoms with van der Waals surface area (Å²) in [5, 5.41) is 10.7. The Balaban J connectivity index is 2.53. The molecule has 0 radical (unpaired) electrons. The lowest BCUT2D eigenvalue weighted by Crippen LogP contribution is -2.12. The van der Waals surface area contributed by atoms with Crippen molar-refractivity contribution in [3.8, 4) is 5.75 Å². The van der Waals surface area contributed by atoms with Crippen molar-refractivity contribution in [3.05, 3.63) is 52.6 Å². The maximum atomic E-state index is 10.7. The molecule has 0 aliphatic carbocycles. The Labute approximate surface area is 132 Å². The van der Waals surface area contributed by atoms with E-state index in [4.69, 9.17) is 0 Å². The van der Waals surface area contributed by atoms with E-state index in [-0.39, 0.29) is 5.41 Å². The molecule has 1 nitrogen and oxygen atoms in total. The molecule has 21 heavy (non-hydrogen) atoms. The third kappa shape index (κ3) is 3.44. The van der Waals surface area contributed by atoms with Gasteiger partial charge in [0.2, 0.25) is 0 Å². The van der Waals surface area contributed by atoms with Crippen LogP contribution in [0.15, 0.2) is 40.1 Å². The van der Waals surface area contributed by atoms with E-state index in [2.05, 4.69) is 71.9 Å². The number of hydrogen-bond donors (Lipinski definition) is 1. The second-order valence-corrected chi connectivity index (χ2v) is 7.78. The molecule has 0 fully saturated rings. The van der Waals surface area contributed by atoms with Gasteiger partial charge in [0.1, 0.15) is 5.75 Å². The fourth-order valence-electron chi connectivity index (χ4n) is 2.47. The summed E-state index contributed by atoms with van der Waals surface area (Å²) in [7, 11) is 0. The molecule has 0 saturated heterocycles. The molecule has 112 valence electrons. The van der Waals surface area contributed by atoms with Gasteiger partial charge in [0.15, 0.2) is 0 Å². The number of benzene rings is 2. The Bertz CT molecular complexity index is 646. The molecule has 2 heteroatoms. The second kappa shape index (κ2) is 5.76. The Morgan fingerprint density at radius 1 is 0.952 bits per heavy atom. The van der Waals surface area contributed by atoms with Crippen LogP contribution in [0.4, 0.5) is 0 Å². The first kappa shape index (κ1) is 16.0. The number of aromatic hydroxyl groups is 1. The van der Waals surface area contributed by atoms with E-state index in [1.807, 2.05) is 0 Å². The predicted octanol–water partition coefficient (Wildman–Crippen LogP) is 5.77. The predicted molar refractivity (Wildman–Crippen MR) is 91.6 cm³/mol. The van der Waals surface area contributed by atoms with Crippen LogP contribution in [0, 0.1) is 20.8 Å². The minimum atomic E-state index is -0.0633. The molecule has 0 aliphatic heterocycles. The lowest BCUT2D eigenvalue weighted by Gasteiger charge is -2.23. The standard InChI is InChI=1S/C19H24OS/c1-12-10-15(19(4,5)6)17(20)16(11-12)21-18-13(2)8-7-9-14(18)3/h7-11,20H,1-6H3. The first-order chi connectivity index (χ1) is 9.70. The summed E-state index contributed by atoms with van der Waals surface area (Å²) >= 11 is 1.66. The Morgan fingerprint density at radius 2 is 1.52 bits per heavy atom. The Kier molecular flexibility index (Phi) is 4.38. The summed E-state index contributed by atoms with van der Waals surface area (Å²) in [6.45, 7) is 12.7. The molecule has 2 rings (SSSR count). The minimum absolute atomic E-state index is 0.0633. The van der Waals surface area contributed by atoms with Crippen LogP contribution in [0.3, 0.4) is 0 Å². The Morgan fingerprint density at radius 3 is 2.05 bits per heavy atom. The van der Waals surface area contributed by atoms with Gasteiger partial charge in [-0.1, -0.05) is 56.8 Å². The molecule has 2 aromatic rings. The van der Waals surface area contributed by atoms with Crippen molar-refractivity contribution >= 4 is 11.8 Å². The maximum Gasteiger partial charge on any atom is 0.133 e.